The van der Waals surface area contributed by atoms with Crippen LogP contribution in [-0.2, 0) is 13.8 Å². The molecule has 1 fully saturated rings. The first kappa shape index (κ1) is 16.0. The SMILES string of the molecule is C=C(N)c1ncn([C@@H]2O[C@H](COP(=O)(O)O)[C@@H](O)[C@H]2O)n1. The van der Waals surface area contributed by atoms with Gasteiger partial charge in [0.05, 0.1) is 12.3 Å². The normalized spacial score (nSPS) is 29.7. The lowest BCUT2D eigenvalue weighted by Gasteiger charge is -2.14. The van der Waals surface area contributed by atoms with E-state index in [1.54, 1.807) is 0 Å². The number of aromatic nitrogens is 3. The molecule has 2 rings (SSSR count). The Labute approximate surface area is 118 Å². The van der Waals surface area contributed by atoms with Crippen LogP contribution >= 0.6 is 7.82 Å². The van der Waals surface area contributed by atoms with E-state index >= 15 is 0 Å². The van der Waals surface area contributed by atoms with Crippen LogP contribution in [0.1, 0.15) is 12.1 Å². The summed E-state index contributed by atoms with van der Waals surface area (Å²) in [6.07, 6.45) is -3.79. The quantitative estimate of drug-likeness (QED) is 0.379. The van der Waals surface area contributed by atoms with Gasteiger partial charge in [0.15, 0.2) is 12.1 Å². The average Bonchev–Trinajstić information content (AvgIpc) is 2.94. The van der Waals surface area contributed by atoms with Gasteiger partial charge in [-0.1, -0.05) is 6.58 Å². The number of phosphoric acid groups is 1. The van der Waals surface area contributed by atoms with Gasteiger partial charge < -0.3 is 30.5 Å². The van der Waals surface area contributed by atoms with Crippen LogP contribution in [0.15, 0.2) is 12.9 Å². The average molecular weight is 322 g/mol. The summed E-state index contributed by atoms with van der Waals surface area (Å²) >= 11 is 0. The molecule has 11 nitrogen and oxygen atoms in total. The van der Waals surface area contributed by atoms with Crippen molar-refractivity contribution in [3.8, 4) is 0 Å². The maximum atomic E-state index is 10.6. The van der Waals surface area contributed by atoms with Crippen LogP contribution in [0.2, 0.25) is 0 Å². The molecule has 118 valence electrons. The predicted molar refractivity (Wildman–Crippen MR) is 67.2 cm³/mol. The number of ether oxygens (including phenoxy) is 1. The van der Waals surface area contributed by atoms with Crippen molar-refractivity contribution in [3.63, 3.8) is 0 Å². The Hall–Kier alpha value is -1.33. The fourth-order valence-corrected chi connectivity index (χ4v) is 2.14. The van der Waals surface area contributed by atoms with Crippen molar-refractivity contribution in [2.24, 2.45) is 5.73 Å². The largest absolute Gasteiger partial charge is 0.469 e. The summed E-state index contributed by atoms with van der Waals surface area (Å²) in [6, 6.07) is 0. The first-order valence-corrected chi connectivity index (χ1v) is 7.29. The van der Waals surface area contributed by atoms with E-state index in [-0.39, 0.29) is 11.5 Å². The summed E-state index contributed by atoms with van der Waals surface area (Å²) in [5, 5.41) is 23.6. The zero-order chi connectivity index (χ0) is 15.8. The second kappa shape index (κ2) is 5.81. The zero-order valence-electron chi connectivity index (χ0n) is 10.7. The highest BCUT2D eigenvalue weighted by Crippen LogP contribution is 2.38. The summed E-state index contributed by atoms with van der Waals surface area (Å²) in [5.41, 5.74) is 5.53. The summed E-state index contributed by atoms with van der Waals surface area (Å²) in [6.45, 7) is 2.86. The molecule has 0 radical (unpaired) electrons. The standard InChI is InChI=1S/C9H15N4O7P/c1-4(10)8-11-3-13(12-8)9-7(15)6(14)5(20-9)2-19-21(16,17)18/h3,5-7,9,14-15H,1-2,10H2,(H2,16,17,18)/t5-,6-,7-,9-/m1/s1. The molecule has 1 saturated heterocycles. The first-order valence-electron chi connectivity index (χ1n) is 5.76. The van der Waals surface area contributed by atoms with Crippen molar-refractivity contribution >= 4 is 13.5 Å². The van der Waals surface area contributed by atoms with E-state index in [9.17, 15) is 14.8 Å². The van der Waals surface area contributed by atoms with Crippen LogP contribution in [0.4, 0.5) is 0 Å². The Morgan fingerprint density at radius 1 is 1.52 bits per heavy atom. The maximum absolute atomic E-state index is 10.6. The van der Waals surface area contributed by atoms with E-state index < -0.39 is 39.0 Å². The molecular formula is C9H15N4O7P. The summed E-state index contributed by atoms with van der Waals surface area (Å²) < 4.78 is 21.3. The van der Waals surface area contributed by atoms with Gasteiger partial charge >= 0.3 is 7.82 Å². The van der Waals surface area contributed by atoms with Crippen LogP contribution in [-0.4, -0.2) is 59.7 Å². The van der Waals surface area contributed by atoms with Crippen LogP contribution in [0, 0.1) is 0 Å². The molecule has 21 heavy (non-hydrogen) atoms. The summed E-state index contributed by atoms with van der Waals surface area (Å²) in [4.78, 5) is 21.1. The molecule has 0 bridgehead atoms. The van der Waals surface area contributed by atoms with Gasteiger partial charge in [0.2, 0.25) is 0 Å². The lowest BCUT2D eigenvalue weighted by atomic mass is 10.1. The molecule has 0 aromatic carbocycles. The van der Waals surface area contributed by atoms with Crippen LogP contribution < -0.4 is 5.73 Å². The van der Waals surface area contributed by atoms with Gasteiger partial charge in [-0.05, 0) is 0 Å². The first-order chi connectivity index (χ1) is 9.69. The molecule has 0 saturated carbocycles. The van der Waals surface area contributed by atoms with Gasteiger partial charge in [0, 0.05) is 0 Å². The molecule has 0 amide bonds. The van der Waals surface area contributed by atoms with Crippen molar-refractivity contribution in [2.45, 2.75) is 24.5 Å². The van der Waals surface area contributed by atoms with Gasteiger partial charge in [-0.3, -0.25) is 4.52 Å². The van der Waals surface area contributed by atoms with Gasteiger partial charge in [-0.2, -0.15) is 0 Å². The third-order valence-electron chi connectivity index (χ3n) is 2.80. The highest BCUT2D eigenvalue weighted by atomic mass is 31.2. The molecular weight excluding hydrogens is 307 g/mol. The van der Waals surface area contributed by atoms with E-state index in [0.29, 0.717) is 0 Å². The van der Waals surface area contributed by atoms with Gasteiger partial charge in [0.25, 0.3) is 0 Å². The fraction of sp³-hybridized carbons (Fsp3) is 0.556. The Morgan fingerprint density at radius 3 is 2.71 bits per heavy atom. The van der Waals surface area contributed by atoms with E-state index in [4.69, 9.17) is 20.3 Å². The zero-order valence-corrected chi connectivity index (χ0v) is 11.6. The molecule has 4 atom stereocenters. The van der Waals surface area contributed by atoms with Crippen molar-refractivity contribution in [2.75, 3.05) is 6.61 Å². The van der Waals surface area contributed by atoms with E-state index in [0.717, 1.165) is 4.68 Å². The number of aliphatic hydroxyl groups excluding tert-OH is 2. The molecule has 1 aromatic heterocycles. The smallest absolute Gasteiger partial charge is 0.396 e. The second-order valence-electron chi connectivity index (χ2n) is 4.41. The number of hydrogen-bond donors (Lipinski definition) is 5. The third-order valence-corrected chi connectivity index (χ3v) is 3.29. The van der Waals surface area contributed by atoms with Crippen LogP contribution in [0.25, 0.3) is 5.70 Å². The number of rotatable bonds is 5. The molecule has 0 unspecified atom stereocenters. The highest BCUT2D eigenvalue weighted by Gasteiger charge is 2.45. The van der Waals surface area contributed by atoms with Gasteiger partial charge in [0.1, 0.15) is 24.6 Å². The Kier molecular flexibility index (Phi) is 4.44. The Bertz CT molecular complexity index is 572. The molecule has 0 aliphatic carbocycles. The minimum atomic E-state index is -4.70. The number of nitrogens with two attached hydrogens (primary N) is 1. The fourth-order valence-electron chi connectivity index (χ4n) is 1.80. The number of hydrogen-bond acceptors (Lipinski definition) is 8. The number of aliphatic hydroxyl groups is 2. The molecule has 6 N–H and O–H groups in total. The van der Waals surface area contributed by atoms with Crippen molar-refractivity contribution in [1.82, 2.24) is 14.8 Å². The molecule has 2 heterocycles. The molecule has 1 aromatic rings. The topological polar surface area (TPSA) is 173 Å². The monoisotopic (exact) mass is 322 g/mol. The minimum Gasteiger partial charge on any atom is -0.396 e. The van der Waals surface area contributed by atoms with Crippen molar-refractivity contribution < 1.29 is 33.8 Å². The molecule has 1 aliphatic rings. The highest BCUT2D eigenvalue weighted by molar-refractivity contribution is 7.46. The third kappa shape index (κ3) is 3.66. The van der Waals surface area contributed by atoms with Gasteiger partial charge in [-0.15, -0.1) is 5.10 Å². The number of phosphoric ester groups is 1. The Balaban J connectivity index is 2.08. The van der Waals surface area contributed by atoms with E-state index in [1.165, 1.54) is 6.33 Å². The lowest BCUT2D eigenvalue weighted by Crippen LogP contribution is -2.33. The van der Waals surface area contributed by atoms with Crippen molar-refractivity contribution in [1.29, 1.82) is 0 Å². The summed E-state index contributed by atoms with van der Waals surface area (Å²) in [5.74, 6) is 0.134. The van der Waals surface area contributed by atoms with Gasteiger partial charge in [-0.25, -0.2) is 14.2 Å². The number of nitrogens with zero attached hydrogens (tertiary/aromatic N) is 3. The maximum Gasteiger partial charge on any atom is 0.469 e. The second-order valence-corrected chi connectivity index (χ2v) is 5.65. The van der Waals surface area contributed by atoms with Crippen molar-refractivity contribution in [3.05, 3.63) is 18.7 Å². The van der Waals surface area contributed by atoms with Crippen LogP contribution in [0.3, 0.4) is 0 Å². The molecule has 1 aliphatic heterocycles. The predicted octanol–water partition coefficient (Wildman–Crippen LogP) is -2.06. The van der Waals surface area contributed by atoms with E-state index in [2.05, 4.69) is 21.2 Å². The van der Waals surface area contributed by atoms with Crippen LogP contribution in [0.5, 0.6) is 0 Å². The molecule has 12 heteroatoms. The molecule has 0 spiro atoms. The summed E-state index contributed by atoms with van der Waals surface area (Å²) in [7, 11) is -4.70. The minimum absolute atomic E-state index is 0.114. The lowest BCUT2D eigenvalue weighted by molar-refractivity contribution is -0.0580. The van der Waals surface area contributed by atoms with E-state index in [1.807, 2.05) is 0 Å². The Morgan fingerprint density at radius 2 is 2.19 bits per heavy atom.